The van der Waals surface area contributed by atoms with Crippen LogP contribution in [0.4, 0.5) is 5.82 Å². The van der Waals surface area contributed by atoms with Gasteiger partial charge in [-0.2, -0.15) is 0 Å². The first-order valence-electron chi connectivity index (χ1n) is 7.30. The van der Waals surface area contributed by atoms with Crippen LogP contribution in [0, 0.1) is 0 Å². The van der Waals surface area contributed by atoms with Crippen molar-refractivity contribution in [2.45, 2.75) is 26.7 Å². The Morgan fingerprint density at radius 1 is 1.29 bits per heavy atom. The lowest BCUT2D eigenvalue weighted by atomic mass is 10.1. The summed E-state index contributed by atoms with van der Waals surface area (Å²) in [4.78, 5) is 18.4. The van der Waals surface area contributed by atoms with E-state index in [4.69, 9.17) is 10.2 Å². The van der Waals surface area contributed by atoms with E-state index in [0.29, 0.717) is 11.4 Å². The summed E-state index contributed by atoms with van der Waals surface area (Å²) in [5.41, 5.74) is 1.36. The van der Waals surface area contributed by atoms with Crippen molar-refractivity contribution in [1.82, 2.24) is 9.88 Å². The average Bonchev–Trinajstić information content (AvgIpc) is 2.46. The van der Waals surface area contributed by atoms with Gasteiger partial charge in [-0.25, -0.2) is 4.98 Å². The number of amides is 1. The molecule has 0 bridgehead atoms. The Bertz CT molecular complexity index is 457. The van der Waals surface area contributed by atoms with Crippen LogP contribution in [0.25, 0.3) is 0 Å². The Morgan fingerprint density at radius 2 is 1.90 bits per heavy atom. The van der Waals surface area contributed by atoms with Crippen LogP contribution in [0.1, 0.15) is 42.7 Å². The van der Waals surface area contributed by atoms with Crippen molar-refractivity contribution in [3.63, 3.8) is 0 Å². The first-order chi connectivity index (χ1) is 10.0. The molecule has 0 aliphatic heterocycles. The number of nitrogens with one attached hydrogen (secondary N) is 1. The Hall–Kier alpha value is -1.66. The fourth-order valence-corrected chi connectivity index (χ4v) is 1.98. The van der Waals surface area contributed by atoms with E-state index in [2.05, 4.69) is 10.3 Å². The summed E-state index contributed by atoms with van der Waals surface area (Å²) in [6, 6.07) is 3.48. The molecular formula is C15H25N3O3. The summed E-state index contributed by atoms with van der Waals surface area (Å²) < 4.78 is 0. The normalized spacial score (nSPS) is 10.8. The quantitative estimate of drug-likeness (QED) is 0.668. The van der Waals surface area contributed by atoms with Gasteiger partial charge in [-0.05, 0) is 25.0 Å². The van der Waals surface area contributed by atoms with Crippen LogP contribution in [0.5, 0.6) is 0 Å². The van der Waals surface area contributed by atoms with Crippen molar-refractivity contribution in [2.75, 3.05) is 38.2 Å². The third-order valence-electron chi connectivity index (χ3n) is 3.07. The monoisotopic (exact) mass is 295 g/mol. The standard InChI is InChI=1S/C15H25N3O3/c1-4-16-14-10-12(9-13(17-14)11(2)3)15(21)18(5-7-19)6-8-20/h9-11,19-20H,4-8H2,1-3H3,(H,16,17). The minimum absolute atomic E-state index is 0.131. The summed E-state index contributed by atoms with van der Waals surface area (Å²) in [6.45, 7) is 6.87. The van der Waals surface area contributed by atoms with Gasteiger partial charge in [0, 0.05) is 30.9 Å². The maximum absolute atomic E-state index is 12.5. The summed E-state index contributed by atoms with van der Waals surface area (Å²) >= 11 is 0. The van der Waals surface area contributed by atoms with Crippen molar-refractivity contribution in [2.24, 2.45) is 0 Å². The van der Waals surface area contributed by atoms with E-state index in [-0.39, 0.29) is 38.1 Å². The molecule has 0 saturated heterocycles. The van der Waals surface area contributed by atoms with Gasteiger partial charge in [-0.3, -0.25) is 4.79 Å². The van der Waals surface area contributed by atoms with Gasteiger partial charge in [-0.1, -0.05) is 13.8 Å². The maximum Gasteiger partial charge on any atom is 0.254 e. The smallest absolute Gasteiger partial charge is 0.254 e. The Kier molecular flexibility index (Phi) is 7.11. The number of anilines is 1. The molecule has 118 valence electrons. The number of carbonyl (C=O) groups is 1. The van der Waals surface area contributed by atoms with Crippen molar-refractivity contribution in [3.8, 4) is 0 Å². The molecule has 0 aliphatic rings. The van der Waals surface area contributed by atoms with E-state index in [0.717, 1.165) is 12.2 Å². The summed E-state index contributed by atoms with van der Waals surface area (Å²) in [6.07, 6.45) is 0. The van der Waals surface area contributed by atoms with E-state index in [1.165, 1.54) is 4.90 Å². The molecule has 1 aromatic heterocycles. The fourth-order valence-electron chi connectivity index (χ4n) is 1.98. The number of aliphatic hydroxyl groups excluding tert-OH is 2. The van der Waals surface area contributed by atoms with Crippen molar-refractivity contribution in [1.29, 1.82) is 0 Å². The van der Waals surface area contributed by atoms with Gasteiger partial charge in [0.2, 0.25) is 0 Å². The predicted molar refractivity (Wildman–Crippen MR) is 82.6 cm³/mol. The average molecular weight is 295 g/mol. The molecule has 0 unspecified atom stereocenters. The molecule has 0 saturated carbocycles. The molecule has 0 fully saturated rings. The van der Waals surface area contributed by atoms with E-state index in [9.17, 15) is 4.79 Å². The van der Waals surface area contributed by atoms with E-state index in [1.807, 2.05) is 20.8 Å². The van der Waals surface area contributed by atoms with Crippen LogP contribution in [0.2, 0.25) is 0 Å². The minimum atomic E-state index is -0.207. The molecule has 1 heterocycles. The molecule has 1 rings (SSSR count). The van der Waals surface area contributed by atoms with Crippen LogP contribution < -0.4 is 5.32 Å². The molecule has 21 heavy (non-hydrogen) atoms. The molecular weight excluding hydrogens is 270 g/mol. The second-order valence-electron chi connectivity index (χ2n) is 5.09. The lowest BCUT2D eigenvalue weighted by Gasteiger charge is -2.21. The van der Waals surface area contributed by atoms with Crippen molar-refractivity contribution >= 4 is 11.7 Å². The molecule has 1 amide bonds. The highest BCUT2D eigenvalue weighted by Gasteiger charge is 2.17. The second-order valence-corrected chi connectivity index (χ2v) is 5.09. The molecule has 1 aromatic rings. The Labute approximate surface area is 125 Å². The molecule has 6 nitrogen and oxygen atoms in total. The highest BCUT2D eigenvalue weighted by Crippen LogP contribution is 2.19. The van der Waals surface area contributed by atoms with Gasteiger partial charge in [0.25, 0.3) is 5.91 Å². The predicted octanol–water partition coefficient (Wildman–Crippen LogP) is 1.06. The largest absolute Gasteiger partial charge is 0.395 e. The summed E-state index contributed by atoms with van der Waals surface area (Å²) in [5, 5.41) is 21.2. The van der Waals surface area contributed by atoms with E-state index < -0.39 is 0 Å². The topological polar surface area (TPSA) is 85.7 Å². The second kappa shape index (κ2) is 8.59. The zero-order chi connectivity index (χ0) is 15.8. The SMILES string of the molecule is CCNc1cc(C(=O)N(CCO)CCO)cc(C(C)C)n1. The van der Waals surface area contributed by atoms with Gasteiger partial charge in [0.05, 0.1) is 13.2 Å². The first kappa shape index (κ1) is 17.4. The highest BCUT2D eigenvalue weighted by molar-refractivity contribution is 5.95. The van der Waals surface area contributed by atoms with Crippen LogP contribution in [0.3, 0.4) is 0 Å². The zero-order valence-corrected chi connectivity index (χ0v) is 13.0. The van der Waals surface area contributed by atoms with Gasteiger partial charge >= 0.3 is 0 Å². The van der Waals surface area contributed by atoms with Gasteiger partial charge in [0.1, 0.15) is 5.82 Å². The fraction of sp³-hybridized carbons (Fsp3) is 0.600. The van der Waals surface area contributed by atoms with Crippen LogP contribution in [-0.2, 0) is 0 Å². The molecule has 0 radical (unpaired) electrons. The van der Waals surface area contributed by atoms with Crippen molar-refractivity contribution < 1.29 is 15.0 Å². The summed E-state index contributed by atoms with van der Waals surface area (Å²) in [7, 11) is 0. The third kappa shape index (κ3) is 4.99. The number of hydrogen-bond donors (Lipinski definition) is 3. The van der Waals surface area contributed by atoms with Crippen molar-refractivity contribution in [3.05, 3.63) is 23.4 Å². The number of hydrogen-bond acceptors (Lipinski definition) is 5. The lowest BCUT2D eigenvalue weighted by Crippen LogP contribution is -2.36. The third-order valence-corrected chi connectivity index (χ3v) is 3.07. The minimum Gasteiger partial charge on any atom is -0.395 e. The first-order valence-corrected chi connectivity index (χ1v) is 7.30. The molecule has 6 heteroatoms. The molecule has 3 N–H and O–H groups in total. The lowest BCUT2D eigenvalue weighted by molar-refractivity contribution is 0.0684. The number of aliphatic hydroxyl groups is 2. The molecule has 0 atom stereocenters. The van der Waals surface area contributed by atoms with E-state index in [1.54, 1.807) is 12.1 Å². The Balaban J connectivity index is 3.10. The van der Waals surface area contributed by atoms with Crippen LogP contribution >= 0.6 is 0 Å². The molecule has 0 spiro atoms. The zero-order valence-electron chi connectivity index (χ0n) is 13.0. The highest BCUT2D eigenvalue weighted by atomic mass is 16.3. The van der Waals surface area contributed by atoms with Gasteiger partial charge in [0.15, 0.2) is 0 Å². The number of nitrogens with zero attached hydrogens (tertiary/aromatic N) is 2. The Morgan fingerprint density at radius 3 is 2.38 bits per heavy atom. The number of rotatable bonds is 8. The van der Waals surface area contributed by atoms with Gasteiger partial charge < -0.3 is 20.4 Å². The molecule has 0 aromatic carbocycles. The van der Waals surface area contributed by atoms with Crippen LogP contribution in [0.15, 0.2) is 12.1 Å². The summed E-state index contributed by atoms with van der Waals surface area (Å²) in [5.74, 6) is 0.667. The number of carbonyl (C=O) groups excluding carboxylic acids is 1. The van der Waals surface area contributed by atoms with Gasteiger partial charge in [-0.15, -0.1) is 0 Å². The van der Waals surface area contributed by atoms with E-state index >= 15 is 0 Å². The number of aromatic nitrogens is 1. The van der Waals surface area contributed by atoms with Crippen LogP contribution in [-0.4, -0.2) is 58.9 Å². The maximum atomic E-state index is 12.5. The number of pyridine rings is 1. The molecule has 0 aliphatic carbocycles.